The van der Waals surface area contributed by atoms with Gasteiger partial charge in [-0.3, -0.25) is 4.79 Å². The number of nitrogens with two attached hydrogens (primary N) is 1. The Labute approximate surface area is 183 Å². The van der Waals surface area contributed by atoms with Crippen LogP contribution < -0.4 is 11.1 Å². The minimum absolute atomic E-state index is 0.0853. The van der Waals surface area contributed by atoms with E-state index in [1.54, 1.807) is 8.61 Å². The molecule has 8 nitrogen and oxygen atoms in total. The summed E-state index contributed by atoms with van der Waals surface area (Å²) in [4.78, 5) is 13.8. The fraction of sp³-hybridized carbons (Fsp3) is 0.800. The molecule has 3 N–H and O–H groups in total. The molecule has 0 radical (unpaired) electrons. The zero-order valence-corrected chi connectivity index (χ0v) is 19.4. The van der Waals surface area contributed by atoms with Crippen molar-refractivity contribution < 1.29 is 13.2 Å². The number of aromatic nitrogens is 1. The van der Waals surface area contributed by atoms with Crippen LogP contribution in [-0.4, -0.2) is 65.6 Å². The van der Waals surface area contributed by atoms with Gasteiger partial charge in [-0.2, -0.15) is 21.4 Å². The lowest BCUT2D eigenvalue weighted by Crippen LogP contribution is -2.52. The number of nitrogens with zero attached hydrogens (tertiary/aromatic N) is 3. The number of carbonyl (C=O) groups is 1. The molecule has 1 aliphatic carbocycles. The molecule has 10 heteroatoms. The van der Waals surface area contributed by atoms with E-state index in [1.165, 1.54) is 11.5 Å². The Kier molecular flexibility index (Phi) is 6.51. The van der Waals surface area contributed by atoms with Crippen molar-refractivity contribution in [1.82, 2.24) is 18.3 Å². The first-order valence-corrected chi connectivity index (χ1v) is 13.2. The molecule has 30 heavy (non-hydrogen) atoms. The van der Waals surface area contributed by atoms with E-state index >= 15 is 0 Å². The molecule has 0 spiro atoms. The highest BCUT2D eigenvalue weighted by atomic mass is 32.2. The molecule has 3 aliphatic rings. The van der Waals surface area contributed by atoms with E-state index in [4.69, 9.17) is 5.73 Å². The van der Waals surface area contributed by atoms with Crippen molar-refractivity contribution in [2.45, 2.75) is 58.0 Å². The average molecular weight is 456 g/mol. The van der Waals surface area contributed by atoms with Gasteiger partial charge in [-0.25, -0.2) is 0 Å². The van der Waals surface area contributed by atoms with Gasteiger partial charge in [-0.15, -0.1) is 0 Å². The lowest BCUT2D eigenvalue weighted by atomic mass is 9.89. The Morgan fingerprint density at radius 2 is 2.00 bits per heavy atom. The quantitative estimate of drug-likeness (QED) is 0.699. The second kappa shape index (κ2) is 8.82. The number of aryl methyl sites for hydroxylation is 1. The van der Waals surface area contributed by atoms with Crippen LogP contribution in [0.2, 0.25) is 0 Å². The van der Waals surface area contributed by atoms with Crippen LogP contribution in [0.3, 0.4) is 0 Å². The largest absolute Gasteiger partial charge is 0.348 e. The van der Waals surface area contributed by atoms with Gasteiger partial charge in [-0.05, 0) is 67.5 Å². The third-order valence-electron chi connectivity index (χ3n) is 7.00. The molecule has 3 heterocycles. The Morgan fingerprint density at radius 3 is 2.67 bits per heavy atom. The molecule has 2 saturated heterocycles. The molecular formula is C20H33N5O3S2. The highest BCUT2D eigenvalue weighted by molar-refractivity contribution is 7.86. The number of piperidine rings is 1. The van der Waals surface area contributed by atoms with E-state index in [9.17, 15) is 13.2 Å². The summed E-state index contributed by atoms with van der Waals surface area (Å²) in [5, 5.41) is 3.20. The predicted octanol–water partition coefficient (Wildman–Crippen LogP) is 1.45. The summed E-state index contributed by atoms with van der Waals surface area (Å²) in [6.45, 7) is 6.23. The molecule has 3 fully saturated rings. The highest BCUT2D eigenvalue weighted by Crippen LogP contribution is 2.41. The number of hydrogen-bond donors (Lipinski definition) is 2. The van der Waals surface area contributed by atoms with Gasteiger partial charge in [-0.1, -0.05) is 13.8 Å². The van der Waals surface area contributed by atoms with E-state index in [0.29, 0.717) is 37.8 Å². The standard InChI is InChI=1S/C20H33N5O3S2/c1-3-16-10-19(23-29-16)20(26)22-18-9-14-8-17(18)13(2)11-25(12-14)30(27,28)24-6-4-15(21)5-7-24/h10,13-15,17-18H,3-9,11-12,21H2,1-2H3,(H,22,26)/t13-,14-,17?,18-/m1/s1. The molecule has 1 aromatic rings. The molecule has 168 valence electrons. The van der Waals surface area contributed by atoms with Crippen LogP contribution in [0.15, 0.2) is 6.07 Å². The van der Waals surface area contributed by atoms with Gasteiger partial charge < -0.3 is 11.1 Å². The molecule has 1 aromatic heterocycles. The number of carbonyl (C=O) groups excluding carboxylic acids is 1. The molecule has 4 rings (SSSR count). The van der Waals surface area contributed by atoms with Crippen molar-refractivity contribution in [3.63, 3.8) is 0 Å². The maximum atomic E-state index is 13.2. The maximum Gasteiger partial charge on any atom is 0.281 e. The van der Waals surface area contributed by atoms with Gasteiger partial charge in [0.25, 0.3) is 16.1 Å². The first-order chi connectivity index (χ1) is 14.3. The normalized spacial score (nSPS) is 31.6. The van der Waals surface area contributed by atoms with Crippen molar-refractivity contribution in [3.05, 3.63) is 16.6 Å². The summed E-state index contributed by atoms with van der Waals surface area (Å²) in [7, 11) is -3.46. The van der Waals surface area contributed by atoms with Gasteiger partial charge in [0.15, 0.2) is 0 Å². The third-order valence-corrected chi connectivity index (χ3v) is 9.90. The minimum Gasteiger partial charge on any atom is -0.348 e. The number of amides is 1. The van der Waals surface area contributed by atoms with Gasteiger partial charge >= 0.3 is 0 Å². The van der Waals surface area contributed by atoms with Crippen LogP contribution in [0, 0.1) is 17.8 Å². The first kappa shape index (κ1) is 22.1. The van der Waals surface area contributed by atoms with Gasteiger partial charge in [0.1, 0.15) is 5.69 Å². The number of nitrogens with one attached hydrogen (secondary N) is 1. The van der Waals surface area contributed by atoms with Crippen molar-refractivity contribution in [2.75, 3.05) is 26.2 Å². The summed E-state index contributed by atoms with van der Waals surface area (Å²) >= 11 is 1.38. The molecular weight excluding hydrogens is 422 g/mol. The third kappa shape index (κ3) is 4.43. The highest BCUT2D eigenvalue weighted by Gasteiger charge is 2.45. The zero-order chi connectivity index (χ0) is 21.5. The molecule has 4 atom stereocenters. The molecule has 2 bridgehead atoms. The van der Waals surface area contributed by atoms with E-state index < -0.39 is 10.2 Å². The fourth-order valence-corrected chi connectivity index (χ4v) is 7.70. The minimum atomic E-state index is -3.46. The van der Waals surface area contributed by atoms with Crippen molar-refractivity contribution in [1.29, 1.82) is 0 Å². The topological polar surface area (TPSA) is 109 Å². The first-order valence-electron chi connectivity index (χ1n) is 11.0. The summed E-state index contributed by atoms with van der Waals surface area (Å²) in [6, 6.07) is 2.06. The zero-order valence-electron chi connectivity index (χ0n) is 17.8. The molecule has 1 unspecified atom stereocenters. The summed E-state index contributed by atoms with van der Waals surface area (Å²) < 4.78 is 34.0. The molecule has 0 aromatic carbocycles. The smallest absolute Gasteiger partial charge is 0.281 e. The average Bonchev–Trinajstić information content (AvgIpc) is 3.30. The van der Waals surface area contributed by atoms with E-state index in [-0.39, 0.29) is 29.8 Å². The SMILES string of the molecule is CCc1cc(C(=O)N[C@@H]2C[C@H]3CC2[C@H](C)CN(S(=O)(=O)N2CCC(N)CC2)C3)ns1. The number of fused-ring (bicyclic) bond motifs is 2. The van der Waals surface area contributed by atoms with Gasteiger partial charge in [0.05, 0.1) is 0 Å². The van der Waals surface area contributed by atoms with Crippen molar-refractivity contribution >= 4 is 27.6 Å². The predicted molar refractivity (Wildman–Crippen MR) is 117 cm³/mol. The van der Waals surface area contributed by atoms with E-state index in [2.05, 4.69) is 23.5 Å². The second-order valence-electron chi connectivity index (χ2n) is 9.15. The van der Waals surface area contributed by atoms with Crippen LogP contribution in [0.25, 0.3) is 0 Å². The Hall–Kier alpha value is -1.07. The van der Waals surface area contributed by atoms with Gasteiger partial charge in [0.2, 0.25) is 0 Å². The van der Waals surface area contributed by atoms with Gasteiger partial charge in [0, 0.05) is 43.1 Å². The second-order valence-corrected chi connectivity index (χ2v) is 12.0. The summed E-state index contributed by atoms with van der Waals surface area (Å²) in [5.41, 5.74) is 6.44. The summed E-state index contributed by atoms with van der Waals surface area (Å²) in [6.07, 6.45) is 4.10. The monoisotopic (exact) mass is 455 g/mol. The van der Waals surface area contributed by atoms with Crippen LogP contribution in [0.5, 0.6) is 0 Å². The van der Waals surface area contributed by atoms with E-state index in [0.717, 1.165) is 37.0 Å². The summed E-state index contributed by atoms with van der Waals surface area (Å²) in [5.74, 6) is 0.640. The lowest BCUT2D eigenvalue weighted by molar-refractivity contribution is 0.0910. The fourth-order valence-electron chi connectivity index (χ4n) is 5.23. The Balaban J connectivity index is 1.41. The lowest BCUT2D eigenvalue weighted by Gasteiger charge is -2.36. The number of hydrogen-bond acceptors (Lipinski definition) is 6. The van der Waals surface area contributed by atoms with Crippen LogP contribution in [-0.2, 0) is 16.6 Å². The Bertz CT molecular complexity index is 864. The van der Waals surface area contributed by atoms with E-state index in [1.807, 2.05) is 6.07 Å². The van der Waals surface area contributed by atoms with Crippen molar-refractivity contribution in [3.8, 4) is 0 Å². The maximum absolute atomic E-state index is 13.2. The molecule has 1 amide bonds. The number of rotatable bonds is 5. The van der Waals surface area contributed by atoms with Crippen molar-refractivity contribution in [2.24, 2.45) is 23.5 Å². The van der Waals surface area contributed by atoms with Crippen LogP contribution in [0.1, 0.15) is 54.9 Å². The van der Waals surface area contributed by atoms with Crippen LogP contribution >= 0.6 is 11.5 Å². The molecule has 2 aliphatic heterocycles. The molecule has 1 saturated carbocycles. The Morgan fingerprint density at radius 1 is 1.27 bits per heavy atom. The van der Waals surface area contributed by atoms with Crippen LogP contribution in [0.4, 0.5) is 0 Å².